The Morgan fingerprint density at radius 2 is 2.06 bits per heavy atom. The number of carbonyl (C=O) groups excluding carboxylic acids is 1. The van der Waals surface area contributed by atoms with E-state index in [2.05, 4.69) is 26.3 Å². The van der Waals surface area contributed by atoms with Crippen molar-refractivity contribution in [2.45, 2.75) is 13.5 Å². The van der Waals surface area contributed by atoms with Crippen molar-refractivity contribution in [3.05, 3.63) is 51.8 Å². The quantitative estimate of drug-likeness (QED) is 0.946. The molecule has 0 saturated heterocycles. The van der Waals surface area contributed by atoms with Gasteiger partial charge in [0.05, 0.1) is 5.69 Å². The summed E-state index contributed by atoms with van der Waals surface area (Å²) in [6.07, 6.45) is 1.91. The molecule has 0 aliphatic carbocycles. The van der Waals surface area contributed by atoms with Crippen LogP contribution in [-0.4, -0.2) is 15.7 Å². The minimum Gasteiger partial charge on any atom is -0.348 e. The third kappa shape index (κ3) is 2.98. The summed E-state index contributed by atoms with van der Waals surface area (Å²) in [5, 5.41) is 7.11. The molecule has 4 nitrogen and oxygen atoms in total. The van der Waals surface area contributed by atoms with E-state index in [0.717, 1.165) is 15.7 Å². The van der Waals surface area contributed by atoms with Gasteiger partial charge in [0, 0.05) is 35.4 Å². The van der Waals surface area contributed by atoms with Gasteiger partial charge in [-0.15, -0.1) is 0 Å². The average molecular weight is 308 g/mol. The molecule has 2 aromatic rings. The van der Waals surface area contributed by atoms with Crippen molar-refractivity contribution >= 4 is 21.8 Å². The lowest BCUT2D eigenvalue weighted by Gasteiger charge is -2.04. The summed E-state index contributed by atoms with van der Waals surface area (Å²) >= 11 is 3.34. The fourth-order valence-corrected chi connectivity index (χ4v) is 1.97. The number of rotatable bonds is 3. The number of aryl methyl sites for hydroxylation is 2. The summed E-state index contributed by atoms with van der Waals surface area (Å²) in [5.74, 6) is -0.0780. The molecule has 5 heteroatoms. The van der Waals surface area contributed by atoms with E-state index in [1.54, 1.807) is 16.8 Å². The topological polar surface area (TPSA) is 46.9 Å². The Morgan fingerprint density at radius 1 is 1.39 bits per heavy atom. The monoisotopic (exact) mass is 307 g/mol. The van der Waals surface area contributed by atoms with E-state index in [-0.39, 0.29) is 5.91 Å². The first-order valence-electron chi connectivity index (χ1n) is 5.59. The Morgan fingerprint density at radius 3 is 2.61 bits per heavy atom. The van der Waals surface area contributed by atoms with Gasteiger partial charge in [-0.3, -0.25) is 9.48 Å². The first-order valence-corrected chi connectivity index (χ1v) is 6.38. The third-order valence-corrected chi connectivity index (χ3v) is 3.19. The van der Waals surface area contributed by atoms with Crippen LogP contribution in [-0.2, 0) is 13.6 Å². The average Bonchev–Trinajstić information content (AvgIpc) is 2.66. The number of carbonyl (C=O) groups is 1. The second-order valence-corrected chi connectivity index (χ2v) is 5.02. The number of benzene rings is 1. The van der Waals surface area contributed by atoms with Crippen LogP contribution in [0.1, 0.15) is 21.6 Å². The van der Waals surface area contributed by atoms with Crippen LogP contribution in [0.15, 0.2) is 34.9 Å². The summed E-state index contributed by atoms with van der Waals surface area (Å²) in [7, 11) is 1.87. The molecule has 0 atom stereocenters. The van der Waals surface area contributed by atoms with Crippen LogP contribution in [0.25, 0.3) is 0 Å². The van der Waals surface area contributed by atoms with E-state index in [1.807, 2.05) is 32.3 Å². The van der Waals surface area contributed by atoms with Crippen molar-refractivity contribution in [2.75, 3.05) is 0 Å². The van der Waals surface area contributed by atoms with Crippen LogP contribution >= 0.6 is 15.9 Å². The largest absolute Gasteiger partial charge is 0.348 e. The van der Waals surface area contributed by atoms with E-state index in [1.165, 1.54) is 0 Å². The molecule has 0 aliphatic heterocycles. The van der Waals surface area contributed by atoms with Crippen molar-refractivity contribution in [3.63, 3.8) is 0 Å². The molecular weight excluding hydrogens is 294 g/mol. The van der Waals surface area contributed by atoms with Gasteiger partial charge in [0.15, 0.2) is 0 Å². The fraction of sp³-hybridized carbons (Fsp3) is 0.231. The first kappa shape index (κ1) is 12.8. The lowest BCUT2D eigenvalue weighted by Crippen LogP contribution is -2.22. The molecule has 0 bridgehead atoms. The van der Waals surface area contributed by atoms with Gasteiger partial charge in [-0.05, 0) is 31.2 Å². The van der Waals surface area contributed by atoms with Gasteiger partial charge in [0.2, 0.25) is 0 Å². The van der Waals surface area contributed by atoms with E-state index >= 15 is 0 Å². The van der Waals surface area contributed by atoms with Crippen LogP contribution in [0.5, 0.6) is 0 Å². The second kappa shape index (κ2) is 5.35. The zero-order valence-corrected chi connectivity index (χ0v) is 11.9. The lowest BCUT2D eigenvalue weighted by molar-refractivity contribution is 0.0951. The standard InChI is InChI=1S/C13H14BrN3O/c1-9-11(8-17(2)16-9)7-15-13(18)10-3-5-12(14)6-4-10/h3-6,8H,7H2,1-2H3,(H,15,18). The van der Waals surface area contributed by atoms with E-state index in [9.17, 15) is 4.79 Å². The Balaban J connectivity index is 2.00. The van der Waals surface area contributed by atoms with Gasteiger partial charge >= 0.3 is 0 Å². The van der Waals surface area contributed by atoms with Crippen molar-refractivity contribution in [1.82, 2.24) is 15.1 Å². The normalized spacial score (nSPS) is 10.4. The Hall–Kier alpha value is -1.62. The number of aromatic nitrogens is 2. The van der Waals surface area contributed by atoms with Gasteiger partial charge in [0.1, 0.15) is 0 Å². The second-order valence-electron chi connectivity index (χ2n) is 4.10. The van der Waals surface area contributed by atoms with Crippen LogP contribution in [0.4, 0.5) is 0 Å². The molecule has 0 aliphatic rings. The molecule has 2 rings (SSSR count). The Kier molecular flexibility index (Phi) is 3.81. The maximum Gasteiger partial charge on any atom is 0.251 e. The number of halogens is 1. The molecule has 0 unspecified atom stereocenters. The Labute approximate surface area is 114 Å². The minimum absolute atomic E-state index is 0.0780. The molecule has 0 spiro atoms. The van der Waals surface area contributed by atoms with Crippen LogP contribution < -0.4 is 5.32 Å². The molecule has 0 fully saturated rings. The molecule has 1 amide bonds. The van der Waals surface area contributed by atoms with Gasteiger partial charge in [-0.1, -0.05) is 15.9 Å². The number of hydrogen-bond acceptors (Lipinski definition) is 2. The Bertz CT molecular complexity index is 560. The highest BCUT2D eigenvalue weighted by Crippen LogP contribution is 2.11. The minimum atomic E-state index is -0.0780. The summed E-state index contributed by atoms with van der Waals surface area (Å²) in [4.78, 5) is 11.9. The SMILES string of the molecule is Cc1nn(C)cc1CNC(=O)c1ccc(Br)cc1. The summed E-state index contributed by atoms with van der Waals surface area (Å²) in [6, 6.07) is 7.28. The summed E-state index contributed by atoms with van der Waals surface area (Å²) < 4.78 is 2.71. The van der Waals surface area contributed by atoms with Crippen LogP contribution in [0.2, 0.25) is 0 Å². The van der Waals surface area contributed by atoms with Crippen LogP contribution in [0, 0.1) is 6.92 Å². The highest BCUT2D eigenvalue weighted by atomic mass is 79.9. The predicted molar refractivity (Wildman–Crippen MR) is 73.3 cm³/mol. The van der Waals surface area contributed by atoms with E-state index in [0.29, 0.717) is 12.1 Å². The van der Waals surface area contributed by atoms with Crippen molar-refractivity contribution < 1.29 is 4.79 Å². The molecule has 1 aromatic carbocycles. The van der Waals surface area contributed by atoms with Gasteiger partial charge in [-0.25, -0.2) is 0 Å². The predicted octanol–water partition coefficient (Wildman–Crippen LogP) is 2.42. The smallest absolute Gasteiger partial charge is 0.251 e. The summed E-state index contributed by atoms with van der Waals surface area (Å²) in [6.45, 7) is 2.43. The highest BCUT2D eigenvalue weighted by Gasteiger charge is 2.07. The third-order valence-electron chi connectivity index (χ3n) is 2.66. The highest BCUT2D eigenvalue weighted by molar-refractivity contribution is 9.10. The summed E-state index contributed by atoms with van der Waals surface area (Å²) in [5.41, 5.74) is 2.62. The van der Waals surface area contributed by atoms with E-state index < -0.39 is 0 Å². The van der Waals surface area contributed by atoms with Crippen molar-refractivity contribution in [1.29, 1.82) is 0 Å². The molecule has 0 saturated carbocycles. The lowest BCUT2D eigenvalue weighted by atomic mass is 10.2. The number of nitrogens with one attached hydrogen (secondary N) is 1. The first-order chi connectivity index (χ1) is 8.56. The van der Waals surface area contributed by atoms with Gasteiger partial charge in [-0.2, -0.15) is 5.10 Å². The molecular formula is C13H14BrN3O. The van der Waals surface area contributed by atoms with Crippen molar-refractivity contribution in [3.8, 4) is 0 Å². The van der Waals surface area contributed by atoms with Gasteiger partial charge in [0.25, 0.3) is 5.91 Å². The van der Waals surface area contributed by atoms with E-state index in [4.69, 9.17) is 0 Å². The maximum atomic E-state index is 11.9. The maximum absolute atomic E-state index is 11.9. The fourth-order valence-electron chi connectivity index (χ4n) is 1.70. The number of hydrogen-bond donors (Lipinski definition) is 1. The molecule has 0 radical (unpaired) electrons. The molecule has 1 N–H and O–H groups in total. The molecule has 94 valence electrons. The zero-order valence-electron chi connectivity index (χ0n) is 10.3. The van der Waals surface area contributed by atoms with Crippen molar-refractivity contribution in [2.24, 2.45) is 7.05 Å². The molecule has 18 heavy (non-hydrogen) atoms. The zero-order chi connectivity index (χ0) is 13.1. The molecule has 1 aromatic heterocycles. The number of amides is 1. The molecule has 1 heterocycles. The van der Waals surface area contributed by atoms with Crippen LogP contribution in [0.3, 0.4) is 0 Å². The number of nitrogens with zero attached hydrogens (tertiary/aromatic N) is 2. The van der Waals surface area contributed by atoms with Gasteiger partial charge < -0.3 is 5.32 Å².